The van der Waals surface area contributed by atoms with E-state index in [1.807, 2.05) is 0 Å². The number of ketones is 2. The van der Waals surface area contributed by atoms with E-state index in [9.17, 15) is 39.9 Å². The van der Waals surface area contributed by atoms with Crippen LogP contribution in [0.3, 0.4) is 0 Å². The first kappa shape index (κ1) is 30.1. The van der Waals surface area contributed by atoms with Gasteiger partial charge in [0.25, 0.3) is 0 Å². The number of ether oxygens (including phenoxy) is 1. The lowest BCUT2D eigenvalue weighted by molar-refractivity contribution is -0.148. The van der Waals surface area contributed by atoms with Crippen LogP contribution in [-0.2, 0) is 14.4 Å². The molecular weight excluding hydrogens is 522 g/mol. The van der Waals surface area contributed by atoms with Crippen LogP contribution in [0.25, 0.3) is 5.76 Å². The molecule has 7 N–H and O–H groups in total. The molecule has 0 bridgehead atoms. The smallest absolute Gasteiger partial charge is 0.334 e. The Hall–Kier alpha value is -3.47. The number of hydroxylamine groups is 2. The minimum Gasteiger partial charge on any atom is -0.460 e. The predicted octanol–water partition coefficient (Wildman–Crippen LogP) is -2.41. The van der Waals surface area contributed by atoms with Crippen molar-refractivity contribution in [1.82, 2.24) is 5.06 Å². The summed E-state index contributed by atoms with van der Waals surface area (Å²) < 4.78 is 10.4. The molecule has 0 radical (unpaired) electrons. The summed E-state index contributed by atoms with van der Waals surface area (Å²) in [5, 5.41) is 67.8. The van der Waals surface area contributed by atoms with E-state index in [4.69, 9.17) is 24.2 Å². The standard InChI is InChI=1S/C25H29NO13/c1-26(8-16(30)23(35)24(36)17(31)10-28)39-19(7-20(32)37-11-12(29)9-27)18-6-15-21(33)13-4-2-3-5-14(13)22(34)25(15)38-18/h2-7,12,16-17,23-24,27-31,35-36H,8-11H2,1H3/b19-7-/t12?,16-,17+,23+,24+/m0/s1. The molecule has 1 heterocycles. The van der Waals surface area contributed by atoms with E-state index in [0.29, 0.717) is 0 Å². The molecule has 5 atom stereocenters. The van der Waals surface area contributed by atoms with Crippen LogP contribution in [0.1, 0.15) is 37.8 Å². The quantitative estimate of drug-likeness (QED) is 0.0508. The monoisotopic (exact) mass is 551 g/mol. The predicted molar refractivity (Wildman–Crippen MR) is 129 cm³/mol. The van der Waals surface area contributed by atoms with Gasteiger partial charge >= 0.3 is 5.97 Å². The fourth-order valence-electron chi connectivity index (χ4n) is 3.66. The Morgan fingerprint density at radius 2 is 1.56 bits per heavy atom. The third-order valence-electron chi connectivity index (χ3n) is 5.74. The van der Waals surface area contributed by atoms with E-state index >= 15 is 0 Å². The lowest BCUT2D eigenvalue weighted by Crippen LogP contribution is -2.49. The van der Waals surface area contributed by atoms with Gasteiger partial charge in [0, 0.05) is 18.2 Å². The summed E-state index contributed by atoms with van der Waals surface area (Å²) >= 11 is 0. The number of aliphatic hydroxyl groups excluding tert-OH is 7. The Balaban J connectivity index is 1.88. The summed E-state index contributed by atoms with van der Waals surface area (Å²) in [7, 11) is 1.26. The minimum atomic E-state index is -1.90. The number of esters is 1. The highest BCUT2D eigenvalue weighted by Gasteiger charge is 2.35. The van der Waals surface area contributed by atoms with Crippen molar-refractivity contribution in [3.8, 4) is 0 Å². The highest BCUT2D eigenvalue weighted by atomic mass is 16.7. The number of hydrogen-bond donors (Lipinski definition) is 7. The van der Waals surface area contributed by atoms with Crippen molar-refractivity contribution in [2.75, 3.05) is 33.4 Å². The van der Waals surface area contributed by atoms with Gasteiger partial charge in [0.1, 0.15) is 31.0 Å². The molecule has 1 unspecified atom stereocenters. The zero-order chi connectivity index (χ0) is 28.9. The SMILES string of the molecule is CN(C[C@H](O)[C@@H](O)[C@H](O)[C@H](O)CO)O/C(=C\C(=O)OCC(O)CO)c1cc2c(o1)C(=O)c1ccccc1C2=O. The molecule has 1 aromatic carbocycles. The van der Waals surface area contributed by atoms with Crippen molar-refractivity contribution in [2.45, 2.75) is 30.5 Å². The maximum absolute atomic E-state index is 13.0. The van der Waals surface area contributed by atoms with Gasteiger partial charge in [-0.1, -0.05) is 24.3 Å². The van der Waals surface area contributed by atoms with Crippen LogP contribution in [0.2, 0.25) is 0 Å². The van der Waals surface area contributed by atoms with Crippen molar-refractivity contribution < 1.29 is 64.1 Å². The molecule has 1 aliphatic carbocycles. The third kappa shape index (κ3) is 6.95. The summed E-state index contributed by atoms with van der Waals surface area (Å²) in [6.07, 6.45) is -7.83. The topological polar surface area (TPSA) is 228 Å². The third-order valence-corrected chi connectivity index (χ3v) is 5.74. The van der Waals surface area contributed by atoms with E-state index in [1.54, 1.807) is 12.1 Å². The molecule has 0 saturated heterocycles. The van der Waals surface area contributed by atoms with Gasteiger partial charge in [-0.25, -0.2) is 4.79 Å². The molecule has 1 aliphatic rings. The Morgan fingerprint density at radius 1 is 0.949 bits per heavy atom. The first-order valence-corrected chi connectivity index (χ1v) is 11.7. The van der Waals surface area contributed by atoms with Gasteiger partial charge in [-0.15, -0.1) is 5.06 Å². The summed E-state index contributed by atoms with van der Waals surface area (Å²) in [5.74, 6) is -3.12. The molecule has 0 saturated carbocycles. The number of aliphatic hydroxyl groups is 7. The number of carbonyl (C=O) groups excluding carboxylic acids is 3. The average Bonchev–Trinajstić information content (AvgIpc) is 3.39. The molecule has 1 aromatic heterocycles. The maximum atomic E-state index is 13.0. The van der Waals surface area contributed by atoms with Crippen LogP contribution in [0, 0.1) is 0 Å². The summed E-state index contributed by atoms with van der Waals surface area (Å²) in [6, 6.07) is 7.28. The number of likely N-dealkylation sites (N-methyl/N-ethyl adjacent to an activating group) is 1. The fraction of sp³-hybridized carbons (Fsp3) is 0.400. The molecule has 212 valence electrons. The Bertz CT molecular complexity index is 1170. The molecule has 3 rings (SSSR count). The zero-order valence-electron chi connectivity index (χ0n) is 20.7. The van der Waals surface area contributed by atoms with E-state index in [1.165, 1.54) is 25.2 Å². The Morgan fingerprint density at radius 3 is 2.18 bits per heavy atom. The summed E-state index contributed by atoms with van der Waals surface area (Å²) in [5.41, 5.74) is 0.188. The summed E-state index contributed by atoms with van der Waals surface area (Å²) in [6.45, 7) is -2.63. The lowest BCUT2D eigenvalue weighted by atomic mass is 9.88. The van der Waals surface area contributed by atoms with E-state index in [-0.39, 0.29) is 28.2 Å². The Labute approximate surface area is 221 Å². The number of carbonyl (C=O) groups is 3. The first-order chi connectivity index (χ1) is 18.5. The van der Waals surface area contributed by atoms with Crippen molar-refractivity contribution in [3.63, 3.8) is 0 Å². The van der Waals surface area contributed by atoms with Crippen molar-refractivity contribution in [3.05, 3.63) is 64.6 Å². The van der Waals surface area contributed by atoms with Crippen LogP contribution in [0.15, 0.2) is 40.8 Å². The maximum Gasteiger partial charge on any atom is 0.334 e. The van der Waals surface area contributed by atoms with E-state index < -0.39 is 80.2 Å². The normalized spacial score (nSPS) is 17.2. The second-order valence-corrected chi connectivity index (χ2v) is 8.73. The van der Waals surface area contributed by atoms with Gasteiger partial charge in [0.05, 0.1) is 37.5 Å². The molecule has 39 heavy (non-hydrogen) atoms. The largest absolute Gasteiger partial charge is 0.460 e. The molecule has 0 spiro atoms. The van der Waals surface area contributed by atoms with Gasteiger partial charge in [-0.05, 0) is 6.07 Å². The van der Waals surface area contributed by atoms with Crippen LogP contribution in [0.5, 0.6) is 0 Å². The van der Waals surface area contributed by atoms with Crippen molar-refractivity contribution in [2.24, 2.45) is 0 Å². The second kappa shape index (κ2) is 13.1. The average molecular weight is 552 g/mol. The van der Waals surface area contributed by atoms with Gasteiger partial charge in [-0.3, -0.25) is 9.59 Å². The van der Waals surface area contributed by atoms with Crippen LogP contribution in [-0.4, -0.2) is 122 Å². The molecule has 14 heteroatoms. The molecule has 0 amide bonds. The van der Waals surface area contributed by atoms with Gasteiger partial charge < -0.3 is 49.7 Å². The highest BCUT2D eigenvalue weighted by molar-refractivity contribution is 6.27. The lowest BCUT2D eigenvalue weighted by Gasteiger charge is -2.28. The number of hydrogen-bond acceptors (Lipinski definition) is 14. The minimum absolute atomic E-state index is 0.0912. The second-order valence-electron chi connectivity index (χ2n) is 8.73. The van der Waals surface area contributed by atoms with E-state index in [0.717, 1.165) is 11.1 Å². The van der Waals surface area contributed by atoms with E-state index in [2.05, 4.69) is 0 Å². The number of rotatable bonds is 13. The molecular formula is C25H29NO13. The highest BCUT2D eigenvalue weighted by Crippen LogP contribution is 2.32. The van der Waals surface area contributed by atoms with Crippen molar-refractivity contribution in [1.29, 1.82) is 0 Å². The molecule has 14 nitrogen and oxygen atoms in total. The molecule has 2 aromatic rings. The number of nitrogens with zero attached hydrogens (tertiary/aromatic N) is 1. The van der Waals surface area contributed by atoms with Crippen molar-refractivity contribution >= 4 is 23.3 Å². The summed E-state index contributed by atoms with van der Waals surface area (Å²) in [4.78, 5) is 43.8. The van der Waals surface area contributed by atoms with Gasteiger partial charge in [0.15, 0.2) is 23.1 Å². The fourth-order valence-corrected chi connectivity index (χ4v) is 3.66. The first-order valence-electron chi connectivity index (χ1n) is 11.7. The Kier molecular flexibility index (Phi) is 10.1. The number of furan rings is 1. The van der Waals surface area contributed by atoms with Gasteiger partial charge in [-0.2, -0.15) is 0 Å². The zero-order valence-corrected chi connectivity index (χ0v) is 20.7. The van der Waals surface area contributed by atoms with Crippen LogP contribution in [0.4, 0.5) is 0 Å². The number of benzene rings is 1. The van der Waals surface area contributed by atoms with Crippen LogP contribution < -0.4 is 0 Å². The van der Waals surface area contributed by atoms with Gasteiger partial charge in [0.2, 0.25) is 5.78 Å². The van der Waals surface area contributed by atoms with Crippen LogP contribution >= 0.6 is 0 Å². The number of fused-ring (bicyclic) bond motifs is 2. The molecule has 0 fully saturated rings. The molecule has 0 aliphatic heterocycles.